The smallest absolute Gasteiger partial charge is 0.126 e. The van der Waals surface area contributed by atoms with Gasteiger partial charge in [0.1, 0.15) is 5.82 Å². The molecule has 13 heavy (non-hydrogen) atoms. The van der Waals surface area contributed by atoms with Gasteiger partial charge in [-0.25, -0.2) is 4.39 Å². The van der Waals surface area contributed by atoms with E-state index in [9.17, 15) is 4.39 Å². The van der Waals surface area contributed by atoms with Crippen LogP contribution in [-0.4, -0.2) is 6.54 Å². The minimum atomic E-state index is -0.138. The first-order chi connectivity index (χ1) is 6.06. The van der Waals surface area contributed by atoms with E-state index >= 15 is 0 Å². The molecule has 0 bridgehead atoms. The summed E-state index contributed by atoms with van der Waals surface area (Å²) in [5.41, 5.74) is 8.33. The molecule has 0 aromatic heterocycles. The topological polar surface area (TPSA) is 26.0 Å². The molecule has 0 aliphatic heterocycles. The summed E-state index contributed by atoms with van der Waals surface area (Å²) in [6.07, 6.45) is 0. The third-order valence-electron chi connectivity index (χ3n) is 2.50. The number of hydrogen-bond acceptors (Lipinski definition) is 1. The van der Waals surface area contributed by atoms with Gasteiger partial charge in [-0.15, -0.1) is 0 Å². The Hall–Kier alpha value is -0.890. The molecule has 0 saturated carbocycles. The molecule has 0 radical (unpaired) electrons. The molecule has 1 unspecified atom stereocenters. The standard InChI is InChI=1S/C11H16FN/c1-7-4-10(9(3)6-13)11(12)5-8(7)2/h4-5,9H,6,13H2,1-3H3. The lowest BCUT2D eigenvalue weighted by atomic mass is 9.96. The van der Waals surface area contributed by atoms with Crippen molar-refractivity contribution in [3.63, 3.8) is 0 Å². The molecular formula is C11H16FN. The molecule has 72 valence electrons. The highest BCUT2D eigenvalue weighted by molar-refractivity contribution is 5.33. The summed E-state index contributed by atoms with van der Waals surface area (Å²) in [5.74, 6) is -0.0413. The highest BCUT2D eigenvalue weighted by Gasteiger charge is 2.10. The van der Waals surface area contributed by atoms with Crippen molar-refractivity contribution in [3.05, 3.63) is 34.6 Å². The van der Waals surface area contributed by atoms with Crippen molar-refractivity contribution >= 4 is 0 Å². The van der Waals surface area contributed by atoms with Gasteiger partial charge in [0.2, 0.25) is 0 Å². The fourth-order valence-corrected chi connectivity index (χ4v) is 1.31. The quantitative estimate of drug-likeness (QED) is 0.745. The third-order valence-corrected chi connectivity index (χ3v) is 2.50. The number of hydrogen-bond donors (Lipinski definition) is 1. The van der Waals surface area contributed by atoms with Gasteiger partial charge in [0.05, 0.1) is 0 Å². The minimum absolute atomic E-state index is 0.0966. The first kappa shape index (κ1) is 10.2. The normalized spacial score (nSPS) is 13.0. The molecule has 0 amide bonds. The van der Waals surface area contributed by atoms with Crippen LogP contribution in [0.5, 0.6) is 0 Å². The second kappa shape index (κ2) is 3.88. The van der Waals surface area contributed by atoms with E-state index in [1.54, 1.807) is 6.07 Å². The Morgan fingerprint density at radius 2 is 1.85 bits per heavy atom. The second-order valence-electron chi connectivity index (χ2n) is 3.59. The van der Waals surface area contributed by atoms with Crippen LogP contribution in [-0.2, 0) is 0 Å². The SMILES string of the molecule is Cc1cc(F)c(C(C)CN)cc1C. The highest BCUT2D eigenvalue weighted by Crippen LogP contribution is 2.21. The first-order valence-electron chi connectivity index (χ1n) is 4.53. The molecule has 0 aliphatic carbocycles. The molecule has 0 fully saturated rings. The molecule has 0 saturated heterocycles. The van der Waals surface area contributed by atoms with Crippen LogP contribution < -0.4 is 5.73 Å². The molecule has 0 spiro atoms. The van der Waals surface area contributed by atoms with E-state index in [-0.39, 0.29) is 11.7 Å². The van der Waals surface area contributed by atoms with Gasteiger partial charge in [0.25, 0.3) is 0 Å². The summed E-state index contributed by atoms with van der Waals surface area (Å²) in [4.78, 5) is 0. The monoisotopic (exact) mass is 181 g/mol. The zero-order valence-corrected chi connectivity index (χ0v) is 8.39. The molecule has 2 heteroatoms. The van der Waals surface area contributed by atoms with Gasteiger partial charge in [0, 0.05) is 0 Å². The molecular weight excluding hydrogens is 165 g/mol. The average Bonchev–Trinajstić information content (AvgIpc) is 2.10. The van der Waals surface area contributed by atoms with Crippen LogP contribution in [0, 0.1) is 19.7 Å². The molecule has 0 aliphatic rings. The van der Waals surface area contributed by atoms with E-state index in [4.69, 9.17) is 5.73 Å². The lowest BCUT2D eigenvalue weighted by Crippen LogP contribution is -2.11. The maximum atomic E-state index is 13.4. The van der Waals surface area contributed by atoms with Gasteiger partial charge in [-0.05, 0) is 49.1 Å². The molecule has 2 N–H and O–H groups in total. The van der Waals surface area contributed by atoms with E-state index in [0.29, 0.717) is 6.54 Å². The Bertz CT molecular complexity index is 307. The fraction of sp³-hybridized carbons (Fsp3) is 0.455. The average molecular weight is 181 g/mol. The zero-order valence-electron chi connectivity index (χ0n) is 8.39. The van der Waals surface area contributed by atoms with Crippen molar-refractivity contribution in [2.75, 3.05) is 6.54 Å². The van der Waals surface area contributed by atoms with Crippen molar-refractivity contribution in [2.45, 2.75) is 26.7 Å². The van der Waals surface area contributed by atoms with E-state index < -0.39 is 0 Å². The minimum Gasteiger partial charge on any atom is -0.330 e. The Morgan fingerprint density at radius 3 is 2.38 bits per heavy atom. The number of aryl methyl sites for hydroxylation is 2. The summed E-state index contributed by atoms with van der Waals surface area (Å²) in [6.45, 7) is 6.32. The van der Waals surface area contributed by atoms with E-state index in [0.717, 1.165) is 16.7 Å². The van der Waals surface area contributed by atoms with Crippen molar-refractivity contribution in [1.82, 2.24) is 0 Å². The molecule has 1 rings (SSSR count). The van der Waals surface area contributed by atoms with Crippen LogP contribution in [0.1, 0.15) is 29.5 Å². The van der Waals surface area contributed by atoms with Crippen molar-refractivity contribution < 1.29 is 4.39 Å². The third kappa shape index (κ3) is 2.07. The van der Waals surface area contributed by atoms with Gasteiger partial charge < -0.3 is 5.73 Å². The maximum Gasteiger partial charge on any atom is 0.126 e. The van der Waals surface area contributed by atoms with Gasteiger partial charge in [-0.3, -0.25) is 0 Å². The van der Waals surface area contributed by atoms with Crippen LogP contribution in [0.4, 0.5) is 4.39 Å². The van der Waals surface area contributed by atoms with Gasteiger partial charge in [0.15, 0.2) is 0 Å². The summed E-state index contributed by atoms with van der Waals surface area (Å²) >= 11 is 0. The fourth-order valence-electron chi connectivity index (χ4n) is 1.31. The summed E-state index contributed by atoms with van der Waals surface area (Å²) in [6, 6.07) is 3.47. The Morgan fingerprint density at radius 1 is 1.31 bits per heavy atom. The van der Waals surface area contributed by atoms with Crippen LogP contribution in [0.3, 0.4) is 0 Å². The van der Waals surface area contributed by atoms with Crippen molar-refractivity contribution in [3.8, 4) is 0 Å². The van der Waals surface area contributed by atoms with Gasteiger partial charge in [-0.1, -0.05) is 13.0 Å². The molecule has 1 aromatic rings. The van der Waals surface area contributed by atoms with Crippen LogP contribution in [0.25, 0.3) is 0 Å². The predicted octanol–water partition coefficient (Wildman–Crippen LogP) is 2.50. The largest absolute Gasteiger partial charge is 0.330 e. The number of benzene rings is 1. The van der Waals surface area contributed by atoms with E-state index in [1.165, 1.54) is 0 Å². The Kier molecular flexibility index (Phi) is 3.04. The molecule has 1 nitrogen and oxygen atoms in total. The predicted molar refractivity (Wildman–Crippen MR) is 53.3 cm³/mol. The Labute approximate surface area is 78.8 Å². The molecule has 1 aromatic carbocycles. The summed E-state index contributed by atoms with van der Waals surface area (Å²) in [5, 5.41) is 0. The maximum absolute atomic E-state index is 13.4. The number of nitrogens with two attached hydrogens (primary N) is 1. The second-order valence-corrected chi connectivity index (χ2v) is 3.59. The van der Waals surface area contributed by atoms with E-state index in [2.05, 4.69) is 0 Å². The number of rotatable bonds is 2. The first-order valence-corrected chi connectivity index (χ1v) is 4.53. The van der Waals surface area contributed by atoms with E-state index in [1.807, 2.05) is 26.8 Å². The molecule has 0 heterocycles. The van der Waals surface area contributed by atoms with Crippen LogP contribution >= 0.6 is 0 Å². The number of halogens is 1. The van der Waals surface area contributed by atoms with Crippen molar-refractivity contribution in [2.24, 2.45) is 5.73 Å². The highest BCUT2D eigenvalue weighted by atomic mass is 19.1. The van der Waals surface area contributed by atoms with Gasteiger partial charge in [-0.2, -0.15) is 0 Å². The van der Waals surface area contributed by atoms with Crippen LogP contribution in [0.15, 0.2) is 12.1 Å². The molecule has 1 atom stereocenters. The zero-order chi connectivity index (χ0) is 10.0. The van der Waals surface area contributed by atoms with Gasteiger partial charge >= 0.3 is 0 Å². The van der Waals surface area contributed by atoms with Crippen LogP contribution in [0.2, 0.25) is 0 Å². The summed E-state index contributed by atoms with van der Waals surface area (Å²) in [7, 11) is 0. The Balaban J connectivity index is 3.15. The van der Waals surface area contributed by atoms with Crippen molar-refractivity contribution in [1.29, 1.82) is 0 Å². The lowest BCUT2D eigenvalue weighted by molar-refractivity contribution is 0.589. The lowest BCUT2D eigenvalue weighted by Gasteiger charge is -2.12. The summed E-state index contributed by atoms with van der Waals surface area (Å²) < 4.78 is 13.4.